The second-order valence-corrected chi connectivity index (χ2v) is 7.58. The third kappa shape index (κ3) is 5.52. The van der Waals surface area contributed by atoms with Crippen molar-refractivity contribution in [3.8, 4) is 0 Å². The molecule has 1 fully saturated rings. The highest BCUT2D eigenvalue weighted by Gasteiger charge is 2.28. The highest BCUT2D eigenvalue weighted by atomic mass is 35.5. The van der Waals surface area contributed by atoms with Crippen LogP contribution in [0.4, 0.5) is 22.1 Å². The zero-order valence-electron chi connectivity index (χ0n) is 17.4. The van der Waals surface area contributed by atoms with Crippen molar-refractivity contribution in [2.24, 2.45) is 0 Å². The van der Waals surface area contributed by atoms with Gasteiger partial charge in [-0.2, -0.15) is 0 Å². The van der Waals surface area contributed by atoms with Crippen LogP contribution in [0.2, 0.25) is 5.02 Å². The second kappa shape index (κ2) is 10.3. The van der Waals surface area contributed by atoms with Crippen LogP contribution in [0.1, 0.15) is 30.9 Å². The molecule has 1 amide bonds. The van der Waals surface area contributed by atoms with Gasteiger partial charge in [0.15, 0.2) is 0 Å². The number of benzene rings is 1. The van der Waals surface area contributed by atoms with Crippen molar-refractivity contribution in [2.45, 2.75) is 39.3 Å². The Balaban J connectivity index is 1.71. The minimum Gasteiger partial charge on any atom is -0.450 e. The number of nitro groups is 1. The number of nitrogens with zero attached hydrogens (tertiary/aromatic N) is 4. The van der Waals surface area contributed by atoms with Gasteiger partial charge < -0.3 is 20.3 Å². The van der Waals surface area contributed by atoms with Crippen molar-refractivity contribution in [3.63, 3.8) is 0 Å². The van der Waals surface area contributed by atoms with Gasteiger partial charge in [-0.05, 0) is 43.9 Å². The van der Waals surface area contributed by atoms with E-state index in [9.17, 15) is 14.9 Å². The molecule has 2 N–H and O–H groups in total. The lowest BCUT2D eigenvalue weighted by atomic mass is 10.1. The van der Waals surface area contributed by atoms with Gasteiger partial charge in [0, 0.05) is 30.7 Å². The summed E-state index contributed by atoms with van der Waals surface area (Å²) in [5.41, 5.74) is 1.60. The monoisotopic (exact) mass is 448 g/mol. The van der Waals surface area contributed by atoms with Crippen LogP contribution in [0.5, 0.6) is 0 Å². The van der Waals surface area contributed by atoms with Gasteiger partial charge in [-0.3, -0.25) is 10.1 Å². The van der Waals surface area contributed by atoms with Gasteiger partial charge in [0.25, 0.3) is 0 Å². The molecule has 0 spiro atoms. The summed E-state index contributed by atoms with van der Waals surface area (Å²) in [7, 11) is 0. The Hall–Kier alpha value is -3.14. The average Bonchev–Trinajstić information content (AvgIpc) is 2.74. The number of amides is 1. The lowest BCUT2D eigenvalue weighted by Crippen LogP contribution is -2.42. The maximum atomic E-state index is 11.8. The number of anilines is 2. The van der Waals surface area contributed by atoms with E-state index in [0.717, 1.165) is 11.1 Å². The number of likely N-dealkylation sites (tertiary alicyclic amines) is 1. The summed E-state index contributed by atoms with van der Waals surface area (Å²) in [6, 6.07) is 5.49. The molecule has 1 aliphatic rings. The Kier molecular flexibility index (Phi) is 7.45. The largest absolute Gasteiger partial charge is 0.450 e. The summed E-state index contributed by atoms with van der Waals surface area (Å²) in [6.07, 6.45) is 2.20. The van der Waals surface area contributed by atoms with Gasteiger partial charge in [-0.1, -0.05) is 23.7 Å². The molecule has 0 bridgehead atoms. The Morgan fingerprint density at radius 2 is 2.03 bits per heavy atom. The van der Waals surface area contributed by atoms with Crippen molar-refractivity contribution < 1.29 is 14.5 Å². The highest BCUT2D eigenvalue weighted by molar-refractivity contribution is 6.31. The summed E-state index contributed by atoms with van der Waals surface area (Å²) < 4.78 is 5.02. The zero-order chi connectivity index (χ0) is 22.4. The number of aryl methyl sites for hydroxylation is 1. The first kappa shape index (κ1) is 22.5. The van der Waals surface area contributed by atoms with E-state index in [1.165, 1.54) is 6.33 Å². The Bertz CT molecular complexity index is 929. The molecule has 1 aromatic carbocycles. The Morgan fingerprint density at radius 3 is 2.68 bits per heavy atom. The van der Waals surface area contributed by atoms with E-state index in [-0.39, 0.29) is 29.5 Å². The van der Waals surface area contributed by atoms with E-state index < -0.39 is 4.92 Å². The van der Waals surface area contributed by atoms with E-state index in [0.29, 0.717) is 44.1 Å². The second-order valence-electron chi connectivity index (χ2n) is 7.17. The summed E-state index contributed by atoms with van der Waals surface area (Å²) in [6.45, 7) is 5.32. The van der Waals surface area contributed by atoms with Gasteiger partial charge in [0.2, 0.25) is 11.6 Å². The number of hydrogen-bond donors (Lipinski definition) is 2. The maximum Gasteiger partial charge on any atom is 0.409 e. The fourth-order valence-electron chi connectivity index (χ4n) is 3.46. The predicted molar refractivity (Wildman–Crippen MR) is 117 cm³/mol. The minimum absolute atomic E-state index is 0.0575. The number of nitrogens with one attached hydrogen (secondary N) is 2. The molecule has 0 saturated carbocycles. The number of rotatable bonds is 7. The van der Waals surface area contributed by atoms with E-state index >= 15 is 0 Å². The first-order valence-electron chi connectivity index (χ1n) is 10.1. The average molecular weight is 449 g/mol. The standard InChI is InChI=1S/C20H25ClN6O4/c1-3-31-20(28)26-9-7-14(8-10-26)25-19-17(27(29)30)18(23-12-24-19)22-11-15-13(2)5-4-6-16(15)21/h4-6,12,14H,3,7-11H2,1-2H3,(H2,22,23,24,25). The van der Waals surface area contributed by atoms with E-state index in [1.54, 1.807) is 17.9 Å². The van der Waals surface area contributed by atoms with Crippen molar-refractivity contribution in [1.29, 1.82) is 0 Å². The van der Waals surface area contributed by atoms with Crippen LogP contribution in [0.25, 0.3) is 0 Å². The normalized spacial score (nSPS) is 14.2. The molecule has 1 aliphatic heterocycles. The van der Waals surface area contributed by atoms with Crippen molar-refractivity contribution >= 4 is 35.0 Å². The van der Waals surface area contributed by atoms with Gasteiger partial charge in [0.05, 0.1) is 11.5 Å². The molecule has 3 rings (SSSR count). The van der Waals surface area contributed by atoms with E-state index in [4.69, 9.17) is 16.3 Å². The van der Waals surface area contributed by atoms with E-state index in [1.807, 2.05) is 19.1 Å². The number of piperidine rings is 1. The molecule has 0 aliphatic carbocycles. The first-order chi connectivity index (χ1) is 14.9. The van der Waals surface area contributed by atoms with Gasteiger partial charge >= 0.3 is 11.8 Å². The van der Waals surface area contributed by atoms with Crippen molar-refractivity contribution in [1.82, 2.24) is 14.9 Å². The topological polar surface area (TPSA) is 123 Å². The van der Waals surface area contributed by atoms with Crippen LogP contribution >= 0.6 is 11.6 Å². The molecule has 31 heavy (non-hydrogen) atoms. The number of halogens is 1. The smallest absolute Gasteiger partial charge is 0.409 e. The maximum absolute atomic E-state index is 11.8. The van der Waals surface area contributed by atoms with Crippen LogP contribution in [0.3, 0.4) is 0 Å². The molecule has 10 nitrogen and oxygen atoms in total. The minimum atomic E-state index is -0.502. The molecule has 0 unspecified atom stereocenters. The molecule has 11 heteroatoms. The molecule has 1 aromatic heterocycles. The number of hydrogen-bond acceptors (Lipinski definition) is 8. The zero-order valence-corrected chi connectivity index (χ0v) is 18.2. The number of carbonyl (C=O) groups is 1. The molecule has 0 atom stereocenters. The lowest BCUT2D eigenvalue weighted by molar-refractivity contribution is -0.383. The first-order valence-corrected chi connectivity index (χ1v) is 10.4. The van der Waals surface area contributed by atoms with Crippen LogP contribution in [-0.2, 0) is 11.3 Å². The number of ether oxygens (including phenoxy) is 1. The summed E-state index contributed by atoms with van der Waals surface area (Å²) in [5.74, 6) is 0.263. The molecule has 166 valence electrons. The fraction of sp³-hybridized carbons (Fsp3) is 0.450. The summed E-state index contributed by atoms with van der Waals surface area (Å²) >= 11 is 6.26. The SMILES string of the molecule is CCOC(=O)N1CCC(Nc2ncnc(NCc3c(C)cccc3Cl)c2[N+](=O)[O-])CC1. The molecule has 1 saturated heterocycles. The van der Waals surface area contributed by atoms with Crippen molar-refractivity contribution in [2.75, 3.05) is 30.3 Å². The van der Waals surface area contributed by atoms with Crippen molar-refractivity contribution in [3.05, 3.63) is 50.8 Å². The van der Waals surface area contributed by atoms with Crippen LogP contribution < -0.4 is 10.6 Å². The Labute approximate surface area is 185 Å². The molecule has 2 aromatic rings. The third-order valence-electron chi connectivity index (χ3n) is 5.15. The fourth-order valence-corrected chi connectivity index (χ4v) is 3.75. The predicted octanol–water partition coefficient (Wildman–Crippen LogP) is 3.99. The molecule has 0 radical (unpaired) electrons. The lowest BCUT2D eigenvalue weighted by Gasteiger charge is -2.31. The summed E-state index contributed by atoms with van der Waals surface area (Å²) in [5, 5.41) is 18.5. The van der Waals surface area contributed by atoms with Crippen LogP contribution in [0.15, 0.2) is 24.5 Å². The third-order valence-corrected chi connectivity index (χ3v) is 5.51. The van der Waals surface area contributed by atoms with Crippen LogP contribution in [-0.4, -0.2) is 51.6 Å². The number of carbonyl (C=O) groups excluding carboxylic acids is 1. The Morgan fingerprint density at radius 1 is 1.32 bits per heavy atom. The van der Waals surface area contributed by atoms with Crippen LogP contribution in [0, 0.1) is 17.0 Å². The van der Waals surface area contributed by atoms with Gasteiger partial charge in [-0.15, -0.1) is 0 Å². The molecular formula is C20H25ClN6O4. The quantitative estimate of drug-likeness (QED) is 0.481. The molecular weight excluding hydrogens is 424 g/mol. The molecule has 2 heterocycles. The van der Waals surface area contributed by atoms with Gasteiger partial charge in [-0.25, -0.2) is 14.8 Å². The highest BCUT2D eigenvalue weighted by Crippen LogP contribution is 2.31. The number of aromatic nitrogens is 2. The van der Waals surface area contributed by atoms with Gasteiger partial charge in [0.1, 0.15) is 6.33 Å². The summed E-state index contributed by atoms with van der Waals surface area (Å²) in [4.78, 5) is 32.9. The van der Waals surface area contributed by atoms with E-state index in [2.05, 4.69) is 20.6 Å².